The number of halogens is 2. The van der Waals surface area contributed by atoms with E-state index in [1.807, 2.05) is 0 Å². The van der Waals surface area contributed by atoms with Gasteiger partial charge in [0.1, 0.15) is 5.69 Å². The lowest BCUT2D eigenvalue weighted by Crippen LogP contribution is -2.41. The van der Waals surface area contributed by atoms with Crippen molar-refractivity contribution in [2.45, 2.75) is 6.61 Å². The van der Waals surface area contributed by atoms with Crippen molar-refractivity contribution in [3.05, 3.63) is 53.9 Å². The van der Waals surface area contributed by atoms with Gasteiger partial charge >= 0.3 is 6.61 Å². The van der Waals surface area contributed by atoms with E-state index in [1.165, 1.54) is 37.6 Å². The maximum absolute atomic E-state index is 12.3. The number of methoxy groups -OCH3 is 1. The highest BCUT2D eigenvalue weighted by Crippen LogP contribution is 2.29. The Morgan fingerprint density at radius 3 is 2.46 bits per heavy atom. The molecule has 1 aromatic carbocycles. The van der Waals surface area contributed by atoms with Crippen molar-refractivity contribution < 1.29 is 27.8 Å². The summed E-state index contributed by atoms with van der Waals surface area (Å²) in [5.74, 6) is -1.52. The molecule has 1 heterocycles. The molecular formula is C15H13F2N3O4. The number of carbonyl (C=O) groups is 2. The lowest BCUT2D eigenvalue weighted by Gasteiger charge is -2.12. The number of aromatic nitrogens is 1. The first-order valence-corrected chi connectivity index (χ1v) is 6.66. The van der Waals surface area contributed by atoms with Crippen molar-refractivity contribution >= 4 is 11.8 Å². The third-order valence-electron chi connectivity index (χ3n) is 2.83. The van der Waals surface area contributed by atoms with Gasteiger partial charge in [0.05, 0.1) is 7.11 Å². The van der Waals surface area contributed by atoms with Crippen LogP contribution < -0.4 is 20.3 Å². The molecule has 0 saturated heterocycles. The maximum Gasteiger partial charge on any atom is 0.387 e. The van der Waals surface area contributed by atoms with Crippen LogP contribution in [0.4, 0.5) is 8.78 Å². The van der Waals surface area contributed by atoms with Gasteiger partial charge in [-0.05, 0) is 30.3 Å². The SMILES string of the molecule is COc1cc(C(=O)NNC(=O)c2ccccn2)ccc1OC(F)F. The van der Waals surface area contributed by atoms with Crippen molar-refractivity contribution in [3.8, 4) is 11.5 Å². The number of hydrazine groups is 1. The fourth-order valence-corrected chi connectivity index (χ4v) is 1.75. The average Bonchev–Trinajstić information content (AvgIpc) is 2.60. The summed E-state index contributed by atoms with van der Waals surface area (Å²) in [6.45, 7) is -3.02. The normalized spacial score (nSPS) is 10.2. The first-order valence-electron chi connectivity index (χ1n) is 6.66. The van der Waals surface area contributed by atoms with E-state index < -0.39 is 18.4 Å². The molecule has 2 rings (SSSR count). The second kappa shape index (κ2) is 7.86. The molecule has 2 N–H and O–H groups in total. The van der Waals surface area contributed by atoms with Crippen molar-refractivity contribution in [1.82, 2.24) is 15.8 Å². The molecule has 0 aliphatic heterocycles. The summed E-state index contributed by atoms with van der Waals surface area (Å²) in [5.41, 5.74) is 4.57. The molecule has 2 amide bonds. The Morgan fingerprint density at radius 2 is 1.83 bits per heavy atom. The average molecular weight is 337 g/mol. The zero-order valence-corrected chi connectivity index (χ0v) is 12.5. The Kier molecular flexibility index (Phi) is 5.61. The van der Waals surface area contributed by atoms with Gasteiger partial charge in [-0.15, -0.1) is 0 Å². The summed E-state index contributed by atoms with van der Waals surface area (Å²) in [6, 6.07) is 8.37. The van der Waals surface area contributed by atoms with E-state index in [2.05, 4.69) is 20.6 Å². The van der Waals surface area contributed by atoms with Gasteiger partial charge in [-0.2, -0.15) is 8.78 Å². The number of nitrogens with one attached hydrogen (secondary N) is 2. The molecule has 0 radical (unpaired) electrons. The highest BCUT2D eigenvalue weighted by atomic mass is 19.3. The van der Waals surface area contributed by atoms with Gasteiger partial charge < -0.3 is 9.47 Å². The number of pyridine rings is 1. The predicted molar refractivity (Wildman–Crippen MR) is 78.8 cm³/mol. The molecule has 0 spiro atoms. The molecule has 0 aliphatic rings. The van der Waals surface area contributed by atoms with E-state index in [1.54, 1.807) is 12.1 Å². The number of hydrogen-bond donors (Lipinski definition) is 2. The molecule has 0 atom stereocenters. The number of benzene rings is 1. The van der Waals surface area contributed by atoms with E-state index in [0.29, 0.717) is 0 Å². The van der Waals surface area contributed by atoms with Crippen LogP contribution in [-0.2, 0) is 0 Å². The zero-order chi connectivity index (χ0) is 17.5. The summed E-state index contributed by atoms with van der Waals surface area (Å²) in [5, 5.41) is 0. The van der Waals surface area contributed by atoms with E-state index >= 15 is 0 Å². The van der Waals surface area contributed by atoms with Crippen LogP contribution in [0.5, 0.6) is 11.5 Å². The van der Waals surface area contributed by atoms with Gasteiger partial charge in [0.2, 0.25) is 0 Å². The number of carbonyl (C=O) groups excluding carboxylic acids is 2. The third-order valence-corrected chi connectivity index (χ3v) is 2.83. The smallest absolute Gasteiger partial charge is 0.387 e. The van der Waals surface area contributed by atoms with Crippen LogP contribution in [0.15, 0.2) is 42.6 Å². The van der Waals surface area contributed by atoms with E-state index in [4.69, 9.17) is 4.74 Å². The second-order valence-corrected chi connectivity index (χ2v) is 4.37. The van der Waals surface area contributed by atoms with Crippen LogP contribution in [0.2, 0.25) is 0 Å². The lowest BCUT2D eigenvalue weighted by atomic mass is 10.2. The van der Waals surface area contributed by atoms with Crippen LogP contribution in [0.3, 0.4) is 0 Å². The Morgan fingerprint density at radius 1 is 1.08 bits per heavy atom. The first kappa shape index (κ1) is 17.1. The molecule has 0 fully saturated rings. The topological polar surface area (TPSA) is 89.6 Å². The van der Waals surface area contributed by atoms with E-state index in [9.17, 15) is 18.4 Å². The summed E-state index contributed by atoms with van der Waals surface area (Å²) < 4.78 is 33.7. The number of ether oxygens (including phenoxy) is 2. The molecule has 0 aliphatic carbocycles. The van der Waals surface area contributed by atoms with Crippen LogP contribution in [0.25, 0.3) is 0 Å². The van der Waals surface area contributed by atoms with Gasteiger partial charge in [-0.3, -0.25) is 25.4 Å². The number of alkyl halides is 2. The van der Waals surface area contributed by atoms with Gasteiger partial charge in [-0.1, -0.05) is 6.07 Å². The molecule has 24 heavy (non-hydrogen) atoms. The van der Waals surface area contributed by atoms with E-state index in [0.717, 1.165) is 0 Å². The third kappa shape index (κ3) is 4.38. The van der Waals surface area contributed by atoms with Gasteiger partial charge in [0.25, 0.3) is 11.8 Å². The number of nitrogens with zero attached hydrogens (tertiary/aromatic N) is 1. The molecule has 0 saturated carbocycles. The highest BCUT2D eigenvalue weighted by molar-refractivity contribution is 5.98. The Balaban J connectivity index is 2.03. The first-order chi connectivity index (χ1) is 11.5. The number of hydrogen-bond acceptors (Lipinski definition) is 5. The molecule has 126 valence electrons. The minimum absolute atomic E-state index is 0.0426. The highest BCUT2D eigenvalue weighted by Gasteiger charge is 2.15. The lowest BCUT2D eigenvalue weighted by molar-refractivity contribution is -0.0512. The summed E-state index contributed by atoms with van der Waals surface area (Å²) in [4.78, 5) is 27.6. The Bertz CT molecular complexity index is 726. The molecular weight excluding hydrogens is 324 g/mol. The minimum atomic E-state index is -3.02. The minimum Gasteiger partial charge on any atom is -0.493 e. The van der Waals surface area contributed by atoms with Crippen LogP contribution >= 0.6 is 0 Å². The summed E-state index contributed by atoms with van der Waals surface area (Å²) in [6.07, 6.45) is 1.43. The van der Waals surface area contributed by atoms with E-state index in [-0.39, 0.29) is 22.8 Å². The molecule has 1 aromatic heterocycles. The standard InChI is InChI=1S/C15H13F2N3O4/c1-23-12-8-9(5-6-11(12)24-15(16)17)13(21)19-20-14(22)10-4-2-3-7-18-10/h2-8,15H,1H3,(H,19,21)(H,20,22). The van der Waals surface area contributed by atoms with Crippen LogP contribution in [-0.4, -0.2) is 30.5 Å². The number of rotatable bonds is 5. The molecule has 0 bridgehead atoms. The van der Waals surface area contributed by atoms with Crippen molar-refractivity contribution in [3.63, 3.8) is 0 Å². The molecule has 9 heteroatoms. The zero-order valence-electron chi connectivity index (χ0n) is 12.5. The second-order valence-electron chi connectivity index (χ2n) is 4.37. The van der Waals surface area contributed by atoms with Crippen molar-refractivity contribution in [2.24, 2.45) is 0 Å². The summed E-state index contributed by atoms with van der Waals surface area (Å²) >= 11 is 0. The van der Waals surface area contributed by atoms with Crippen molar-refractivity contribution in [2.75, 3.05) is 7.11 Å². The quantitative estimate of drug-likeness (QED) is 0.812. The molecule has 7 nitrogen and oxygen atoms in total. The van der Waals surface area contributed by atoms with Crippen LogP contribution in [0.1, 0.15) is 20.8 Å². The van der Waals surface area contributed by atoms with Crippen molar-refractivity contribution in [1.29, 1.82) is 0 Å². The Hall–Kier alpha value is -3.23. The van der Waals surface area contributed by atoms with Gasteiger partial charge in [0.15, 0.2) is 11.5 Å². The monoisotopic (exact) mass is 337 g/mol. The maximum atomic E-state index is 12.3. The fraction of sp³-hybridized carbons (Fsp3) is 0.133. The predicted octanol–water partition coefficient (Wildman–Crippen LogP) is 1.77. The fourth-order valence-electron chi connectivity index (χ4n) is 1.75. The van der Waals surface area contributed by atoms with Crippen LogP contribution in [0, 0.1) is 0 Å². The number of amides is 2. The molecule has 0 unspecified atom stereocenters. The summed E-state index contributed by atoms with van der Waals surface area (Å²) in [7, 11) is 1.25. The molecule has 2 aromatic rings. The van der Waals surface area contributed by atoms with Gasteiger partial charge in [-0.25, -0.2) is 0 Å². The van der Waals surface area contributed by atoms with Gasteiger partial charge in [0, 0.05) is 11.8 Å². The largest absolute Gasteiger partial charge is 0.493 e. The Labute approximate surface area is 135 Å².